The Kier molecular flexibility index (Phi) is 6.32. The first-order valence-corrected chi connectivity index (χ1v) is 9.78. The summed E-state index contributed by atoms with van der Waals surface area (Å²) in [5, 5.41) is 0. The molecular weight excluding hydrogens is 320 g/mol. The molecule has 1 aliphatic heterocycles. The fraction of sp³-hybridized carbons (Fsp3) is 0.435. The molecule has 1 aliphatic rings. The highest BCUT2D eigenvalue weighted by molar-refractivity contribution is 5.86. The Balaban J connectivity index is 1.75. The average Bonchev–Trinajstić information content (AvgIpc) is 2.72. The predicted octanol–water partition coefficient (Wildman–Crippen LogP) is 5.95. The van der Waals surface area contributed by atoms with E-state index in [9.17, 15) is 0 Å². The van der Waals surface area contributed by atoms with Gasteiger partial charge in [-0.05, 0) is 61.4 Å². The molecule has 0 saturated carbocycles. The Bertz CT molecular complexity index is 730. The maximum absolute atomic E-state index is 5.61. The van der Waals surface area contributed by atoms with Crippen molar-refractivity contribution in [1.82, 2.24) is 0 Å². The van der Waals surface area contributed by atoms with E-state index >= 15 is 0 Å². The van der Waals surface area contributed by atoms with Gasteiger partial charge in [0.1, 0.15) is 5.75 Å². The lowest BCUT2D eigenvalue weighted by Crippen LogP contribution is -2.29. The average molecular weight is 351 g/mol. The van der Waals surface area contributed by atoms with E-state index in [1.165, 1.54) is 30.5 Å². The first-order valence-electron chi connectivity index (χ1n) is 9.78. The number of piperidine rings is 1. The number of hydrogen-bond acceptors (Lipinski definition) is 3. The second-order valence-electron chi connectivity index (χ2n) is 7.13. The van der Waals surface area contributed by atoms with Gasteiger partial charge in [0.25, 0.3) is 0 Å². The maximum atomic E-state index is 5.61. The summed E-state index contributed by atoms with van der Waals surface area (Å²) in [6.07, 6.45) is 6.95. The van der Waals surface area contributed by atoms with Crippen molar-refractivity contribution < 1.29 is 4.74 Å². The standard InChI is InChI=1S/C23H30N2O/c1-4-18(2)19-8-11-21(12-9-19)24-17-20-10-13-22(16-23(20)26-3)25-14-6-5-7-15-25/h8-13,16-18H,4-7,14-15H2,1-3H3/t18-/m1/s1. The lowest BCUT2D eigenvalue weighted by molar-refractivity contribution is 0.414. The van der Waals surface area contributed by atoms with Crippen LogP contribution in [-0.4, -0.2) is 26.4 Å². The molecule has 1 saturated heterocycles. The van der Waals surface area contributed by atoms with Gasteiger partial charge in [0.2, 0.25) is 0 Å². The van der Waals surface area contributed by atoms with Gasteiger partial charge in [-0.3, -0.25) is 4.99 Å². The number of anilines is 1. The third-order valence-corrected chi connectivity index (χ3v) is 5.37. The third-order valence-electron chi connectivity index (χ3n) is 5.37. The normalized spacial score (nSPS) is 16.0. The monoisotopic (exact) mass is 350 g/mol. The first-order chi connectivity index (χ1) is 12.7. The zero-order valence-electron chi connectivity index (χ0n) is 16.2. The van der Waals surface area contributed by atoms with Gasteiger partial charge in [0.05, 0.1) is 12.8 Å². The van der Waals surface area contributed by atoms with Gasteiger partial charge in [-0.2, -0.15) is 0 Å². The van der Waals surface area contributed by atoms with Gasteiger partial charge in [-0.15, -0.1) is 0 Å². The first kappa shape index (κ1) is 18.5. The highest BCUT2D eigenvalue weighted by atomic mass is 16.5. The molecule has 0 aromatic heterocycles. The van der Waals surface area contributed by atoms with Crippen molar-refractivity contribution in [2.45, 2.75) is 45.4 Å². The van der Waals surface area contributed by atoms with Crippen molar-refractivity contribution in [3.63, 3.8) is 0 Å². The zero-order valence-corrected chi connectivity index (χ0v) is 16.2. The van der Waals surface area contributed by atoms with Crippen LogP contribution in [0, 0.1) is 0 Å². The molecule has 0 amide bonds. The van der Waals surface area contributed by atoms with Crippen LogP contribution >= 0.6 is 0 Å². The number of ether oxygens (including phenoxy) is 1. The van der Waals surface area contributed by atoms with E-state index in [1.54, 1.807) is 7.11 Å². The number of nitrogens with zero attached hydrogens (tertiary/aromatic N) is 2. The minimum Gasteiger partial charge on any atom is -0.496 e. The summed E-state index contributed by atoms with van der Waals surface area (Å²) >= 11 is 0. The summed E-state index contributed by atoms with van der Waals surface area (Å²) in [4.78, 5) is 7.08. The molecule has 3 rings (SSSR count). The molecule has 0 spiro atoms. The molecule has 0 unspecified atom stereocenters. The molecule has 0 bridgehead atoms. The Morgan fingerprint density at radius 3 is 2.46 bits per heavy atom. The molecule has 138 valence electrons. The second kappa shape index (κ2) is 8.88. The molecule has 26 heavy (non-hydrogen) atoms. The van der Waals surface area contributed by atoms with Gasteiger partial charge in [0.15, 0.2) is 0 Å². The van der Waals surface area contributed by atoms with Crippen LogP contribution in [0.2, 0.25) is 0 Å². The smallest absolute Gasteiger partial charge is 0.129 e. The lowest BCUT2D eigenvalue weighted by atomic mass is 9.99. The van der Waals surface area contributed by atoms with Crippen LogP contribution in [0.3, 0.4) is 0 Å². The molecule has 2 aromatic carbocycles. The fourth-order valence-corrected chi connectivity index (χ4v) is 3.42. The number of rotatable bonds is 6. The summed E-state index contributed by atoms with van der Waals surface area (Å²) < 4.78 is 5.61. The molecule has 3 nitrogen and oxygen atoms in total. The van der Waals surface area contributed by atoms with Crippen LogP contribution in [0.4, 0.5) is 11.4 Å². The number of aliphatic imine (C=N–C) groups is 1. The number of hydrogen-bond donors (Lipinski definition) is 0. The Labute approximate surface area is 157 Å². The molecule has 3 heteroatoms. The van der Waals surface area contributed by atoms with Crippen LogP contribution < -0.4 is 9.64 Å². The van der Waals surface area contributed by atoms with Gasteiger partial charge in [-0.1, -0.05) is 26.0 Å². The molecule has 2 aromatic rings. The van der Waals surface area contributed by atoms with Gasteiger partial charge >= 0.3 is 0 Å². The van der Waals surface area contributed by atoms with Gasteiger partial charge in [0, 0.05) is 36.6 Å². The lowest BCUT2D eigenvalue weighted by Gasteiger charge is -2.29. The summed E-state index contributed by atoms with van der Waals surface area (Å²) in [6, 6.07) is 15.0. The quantitative estimate of drug-likeness (QED) is 0.601. The highest BCUT2D eigenvalue weighted by Crippen LogP contribution is 2.28. The zero-order chi connectivity index (χ0) is 18.4. The van der Waals surface area contributed by atoms with Crippen molar-refractivity contribution in [3.05, 3.63) is 53.6 Å². The fourth-order valence-electron chi connectivity index (χ4n) is 3.42. The van der Waals surface area contributed by atoms with E-state index in [0.29, 0.717) is 5.92 Å². The minimum absolute atomic E-state index is 0.593. The van der Waals surface area contributed by atoms with E-state index in [1.807, 2.05) is 6.21 Å². The van der Waals surface area contributed by atoms with Crippen LogP contribution in [0.5, 0.6) is 5.75 Å². The summed E-state index contributed by atoms with van der Waals surface area (Å²) in [6.45, 7) is 6.75. The van der Waals surface area contributed by atoms with Crippen molar-refractivity contribution in [3.8, 4) is 5.75 Å². The van der Waals surface area contributed by atoms with Gasteiger partial charge in [-0.25, -0.2) is 0 Å². The SMILES string of the molecule is CC[C@@H](C)c1ccc(N=Cc2ccc(N3CCCCC3)cc2OC)cc1. The van der Waals surface area contributed by atoms with E-state index in [-0.39, 0.29) is 0 Å². The summed E-state index contributed by atoms with van der Waals surface area (Å²) in [5.41, 5.74) is 4.60. The minimum atomic E-state index is 0.593. The summed E-state index contributed by atoms with van der Waals surface area (Å²) in [7, 11) is 1.73. The number of benzene rings is 2. The van der Waals surface area contributed by atoms with Crippen LogP contribution in [0.25, 0.3) is 0 Å². The van der Waals surface area contributed by atoms with E-state index in [0.717, 1.165) is 36.5 Å². The van der Waals surface area contributed by atoms with E-state index in [2.05, 4.69) is 66.2 Å². The molecule has 0 aliphatic carbocycles. The Hall–Kier alpha value is -2.29. The number of methoxy groups -OCH3 is 1. The second-order valence-corrected chi connectivity index (χ2v) is 7.13. The third kappa shape index (κ3) is 4.46. The molecule has 0 N–H and O–H groups in total. The molecule has 0 radical (unpaired) electrons. The molecule has 1 atom stereocenters. The maximum Gasteiger partial charge on any atom is 0.129 e. The van der Waals surface area contributed by atoms with Crippen molar-refractivity contribution >= 4 is 17.6 Å². The molecule has 1 heterocycles. The molecule has 1 fully saturated rings. The van der Waals surface area contributed by atoms with Crippen LogP contribution in [-0.2, 0) is 0 Å². The predicted molar refractivity (Wildman–Crippen MR) is 111 cm³/mol. The van der Waals surface area contributed by atoms with Crippen LogP contribution in [0.15, 0.2) is 47.5 Å². The van der Waals surface area contributed by atoms with E-state index < -0.39 is 0 Å². The summed E-state index contributed by atoms with van der Waals surface area (Å²) in [5.74, 6) is 1.48. The van der Waals surface area contributed by atoms with Crippen molar-refractivity contribution in [2.24, 2.45) is 4.99 Å². The van der Waals surface area contributed by atoms with Crippen LogP contribution in [0.1, 0.15) is 56.6 Å². The Morgan fingerprint density at radius 2 is 1.81 bits per heavy atom. The van der Waals surface area contributed by atoms with Crippen molar-refractivity contribution in [1.29, 1.82) is 0 Å². The topological polar surface area (TPSA) is 24.8 Å². The van der Waals surface area contributed by atoms with Crippen molar-refractivity contribution in [2.75, 3.05) is 25.1 Å². The van der Waals surface area contributed by atoms with E-state index in [4.69, 9.17) is 4.74 Å². The molecular formula is C23H30N2O. The largest absolute Gasteiger partial charge is 0.496 e. The highest BCUT2D eigenvalue weighted by Gasteiger charge is 2.12. The Morgan fingerprint density at radius 1 is 1.08 bits per heavy atom. The van der Waals surface area contributed by atoms with Gasteiger partial charge < -0.3 is 9.64 Å².